The lowest BCUT2D eigenvalue weighted by Gasteiger charge is -2.05. The van der Waals surface area contributed by atoms with Gasteiger partial charge >= 0.3 is 5.97 Å². The van der Waals surface area contributed by atoms with Gasteiger partial charge in [-0.3, -0.25) is 4.79 Å². The van der Waals surface area contributed by atoms with Gasteiger partial charge in [0.25, 0.3) is 0 Å². The molecule has 27 heavy (non-hydrogen) atoms. The molecule has 0 bridgehead atoms. The van der Waals surface area contributed by atoms with Gasteiger partial charge in [0.2, 0.25) is 5.90 Å². The van der Waals surface area contributed by atoms with E-state index in [1.165, 1.54) is 12.3 Å². The highest BCUT2D eigenvalue weighted by Gasteiger charge is 2.26. The van der Waals surface area contributed by atoms with E-state index in [1.807, 2.05) is 0 Å². The smallest absolute Gasteiger partial charge is 0.363 e. The van der Waals surface area contributed by atoms with E-state index in [1.54, 1.807) is 49.6 Å². The van der Waals surface area contributed by atoms with Crippen molar-refractivity contribution >= 4 is 44.8 Å². The molecule has 0 amide bonds. The standard InChI is InChI=1S/C20H12BrNO5/c1-25-12-6-7-13(15(21)9-12)19-22-16(20(24)27-19)8-11-10-26-17-5-3-2-4-14(17)18(11)23/h2-10H,1H3/b16-8+. The number of esters is 1. The van der Waals surface area contributed by atoms with Crippen LogP contribution in [-0.2, 0) is 9.53 Å². The molecule has 3 aromatic rings. The quantitative estimate of drug-likeness (QED) is 0.469. The Morgan fingerprint density at radius 3 is 2.74 bits per heavy atom. The van der Waals surface area contributed by atoms with Gasteiger partial charge in [-0.05, 0) is 52.3 Å². The molecule has 1 aliphatic heterocycles. The van der Waals surface area contributed by atoms with Gasteiger partial charge in [0.15, 0.2) is 11.1 Å². The molecule has 1 aliphatic rings. The Kier molecular flexibility index (Phi) is 4.37. The maximum atomic E-state index is 12.6. The van der Waals surface area contributed by atoms with Gasteiger partial charge in [-0.1, -0.05) is 12.1 Å². The Morgan fingerprint density at radius 1 is 1.15 bits per heavy atom. The van der Waals surface area contributed by atoms with Crippen molar-refractivity contribution in [1.82, 2.24) is 0 Å². The molecule has 0 radical (unpaired) electrons. The van der Waals surface area contributed by atoms with E-state index < -0.39 is 5.97 Å². The Hall–Kier alpha value is -3.19. The molecule has 2 aromatic carbocycles. The van der Waals surface area contributed by atoms with Crippen LogP contribution in [0.25, 0.3) is 17.0 Å². The molecule has 0 atom stereocenters. The number of carbonyl (C=O) groups excluding carboxylic acids is 1. The molecule has 134 valence electrons. The Bertz CT molecular complexity index is 1190. The molecule has 2 heterocycles. The topological polar surface area (TPSA) is 78.1 Å². The largest absolute Gasteiger partial charge is 0.497 e. The Balaban J connectivity index is 1.75. The minimum Gasteiger partial charge on any atom is -0.497 e. The number of fused-ring (bicyclic) bond motifs is 1. The number of aliphatic imine (C=N–C) groups is 1. The molecule has 0 fully saturated rings. The molecular formula is C20H12BrNO5. The highest BCUT2D eigenvalue weighted by atomic mass is 79.9. The van der Waals surface area contributed by atoms with Crippen molar-refractivity contribution < 1.29 is 18.7 Å². The second-order valence-electron chi connectivity index (χ2n) is 5.70. The molecule has 0 N–H and O–H groups in total. The van der Waals surface area contributed by atoms with Crippen LogP contribution in [-0.4, -0.2) is 19.0 Å². The van der Waals surface area contributed by atoms with Crippen LogP contribution in [0.4, 0.5) is 0 Å². The average Bonchev–Trinajstić information content (AvgIpc) is 3.04. The normalized spacial score (nSPS) is 15.1. The number of cyclic esters (lactones) is 1. The summed E-state index contributed by atoms with van der Waals surface area (Å²) in [5, 5.41) is 0.431. The van der Waals surface area contributed by atoms with Gasteiger partial charge < -0.3 is 13.9 Å². The second kappa shape index (κ2) is 6.85. The van der Waals surface area contributed by atoms with Crippen molar-refractivity contribution in [2.45, 2.75) is 0 Å². The fraction of sp³-hybridized carbons (Fsp3) is 0.0500. The number of para-hydroxylation sites is 1. The number of rotatable bonds is 3. The third kappa shape index (κ3) is 3.17. The van der Waals surface area contributed by atoms with Gasteiger partial charge in [0, 0.05) is 4.47 Å². The summed E-state index contributed by atoms with van der Waals surface area (Å²) in [5.74, 6) is 0.159. The predicted molar refractivity (Wildman–Crippen MR) is 104 cm³/mol. The van der Waals surface area contributed by atoms with E-state index >= 15 is 0 Å². The third-order valence-corrected chi connectivity index (χ3v) is 4.68. The fourth-order valence-electron chi connectivity index (χ4n) is 2.66. The monoisotopic (exact) mass is 425 g/mol. The van der Waals surface area contributed by atoms with Gasteiger partial charge in [0.1, 0.15) is 17.6 Å². The molecule has 0 saturated heterocycles. The maximum absolute atomic E-state index is 12.6. The summed E-state index contributed by atoms with van der Waals surface area (Å²) in [4.78, 5) is 29.0. The first-order valence-corrected chi connectivity index (χ1v) is 8.73. The van der Waals surface area contributed by atoms with Crippen LogP contribution < -0.4 is 10.2 Å². The van der Waals surface area contributed by atoms with Crippen molar-refractivity contribution in [3.05, 3.63) is 80.2 Å². The summed E-state index contributed by atoms with van der Waals surface area (Å²) in [6.07, 6.45) is 2.67. The zero-order valence-electron chi connectivity index (χ0n) is 14.1. The van der Waals surface area contributed by atoms with Crippen molar-refractivity contribution in [2.24, 2.45) is 4.99 Å². The van der Waals surface area contributed by atoms with Crippen LogP contribution in [0, 0.1) is 0 Å². The number of ether oxygens (including phenoxy) is 2. The minimum absolute atomic E-state index is 0.0234. The summed E-state index contributed by atoms with van der Waals surface area (Å²) in [6.45, 7) is 0. The van der Waals surface area contributed by atoms with E-state index in [0.29, 0.717) is 26.8 Å². The lowest BCUT2D eigenvalue weighted by atomic mass is 10.1. The Labute approximate surface area is 161 Å². The number of benzene rings is 2. The van der Waals surface area contributed by atoms with Crippen LogP contribution in [0.2, 0.25) is 0 Å². The lowest BCUT2D eigenvalue weighted by molar-refractivity contribution is -0.129. The number of hydrogen-bond donors (Lipinski definition) is 0. The van der Waals surface area contributed by atoms with Crippen LogP contribution >= 0.6 is 15.9 Å². The first-order chi connectivity index (χ1) is 13.1. The molecule has 0 spiro atoms. The number of nitrogens with zero attached hydrogens (tertiary/aromatic N) is 1. The molecular weight excluding hydrogens is 414 g/mol. The summed E-state index contributed by atoms with van der Waals surface area (Å²) < 4.78 is 16.5. The zero-order valence-corrected chi connectivity index (χ0v) is 15.6. The number of hydrogen-bond acceptors (Lipinski definition) is 6. The summed E-state index contributed by atoms with van der Waals surface area (Å²) in [5.41, 5.74) is 1.07. The summed E-state index contributed by atoms with van der Waals surface area (Å²) >= 11 is 3.41. The second-order valence-corrected chi connectivity index (χ2v) is 6.55. The van der Waals surface area contributed by atoms with Gasteiger partial charge in [-0.15, -0.1) is 0 Å². The first kappa shape index (κ1) is 17.2. The average molecular weight is 426 g/mol. The molecule has 0 aliphatic carbocycles. The Morgan fingerprint density at radius 2 is 1.96 bits per heavy atom. The molecule has 1 aromatic heterocycles. The van der Waals surface area contributed by atoms with E-state index in [9.17, 15) is 9.59 Å². The number of halogens is 1. The van der Waals surface area contributed by atoms with Crippen LogP contribution in [0.5, 0.6) is 5.75 Å². The lowest BCUT2D eigenvalue weighted by Crippen LogP contribution is -2.07. The van der Waals surface area contributed by atoms with Crippen molar-refractivity contribution in [3.8, 4) is 5.75 Å². The highest BCUT2D eigenvalue weighted by molar-refractivity contribution is 9.10. The third-order valence-electron chi connectivity index (χ3n) is 4.03. The van der Waals surface area contributed by atoms with Crippen LogP contribution in [0.15, 0.2) is 73.1 Å². The van der Waals surface area contributed by atoms with Crippen LogP contribution in [0.1, 0.15) is 11.1 Å². The van der Waals surface area contributed by atoms with E-state index in [0.717, 1.165) is 0 Å². The molecule has 4 rings (SSSR count). The molecule has 0 saturated carbocycles. The number of methoxy groups -OCH3 is 1. The van der Waals surface area contributed by atoms with E-state index in [4.69, 9.17) is 13.9 Å². The highest BCUT2D eigenvalue weighted by Crippen LogP contribution is 2.27. The predicted octanol–water partition coefficient (Wildman–Crippen LogP) is 3.91. The van der Waals surface area contributed by atoms with E-state index in [2.05, 4.69) is 20.9 Å². The maximum Gasteiger partial charge on any atom is 0.363 e. The van der Waals surface area contributed by atoms with Crippen LogP contribution in [0.3, 0.4) is 0 Å². The summed E-state index contributed by atoms with van der Waals surface area (Å²) in [7, 11) is 1.56. The molecule has 6 nitrogen and oxygen atoms in total. The SMILES string of the molecule is COc1ccc(C2=N/C(=C/c3coc4ccccc4c3=O)C(=O)O2)c(Br)c1. The van der Waals surface area contributed by atoms with Crippen molar-refractivity contribution in [1.29, 1.82) is 0 Å². The van der Waals surface area contributed by atoms with Crippen molar-refractivity contribution in [3.63, 3.8) is 0 Å². The molecule has 7 heteroatoms. The van der Waals surface area contributed by atoms with Crippen molar-refractivity contribution in [2.75, 3.05) is 7.11 Å². The fourth-order valence-corrected chi connectivity index (χ4v) is 3.19. The molecule has 0 unspecified atom stereocenters. The van der Waals surface area contributed by atoms with Gasteiger partial charge in [-0.2, -0.15) is 0 Å². The minimum atomic E-state index is -0.639. The number of carbonyl (C=O) groups is 1. The van der Waals surface area contributed by atoms with E-state index in [-0.39, 0.29) is 22.6 Å². The zero-order chi connectivity index (χ0) is 19.0. The van der Waals surface area contributed by atoms with Gasteiger partial charge in [0.05, 0.1) is 23.6 Å². The van der Waals surface area contributed by atoms with Gasteiger partial charge in [-0.25, -0.2) is 9.79 Å². The summed E-state index contributed by atoms with van der Waals surface area (Å²) in [6, 6.07) is 12.1. The first-order valence-electron chi connectivity index (χ1n) is 7.94.